The van der Waals surface area contributed by atoms with Crippen molar-refractivity contribution in [2.45, 2.75) is 6.92 Å². The highest BCUT2D eigenvalue weighted by molar-refractivity contribution is 6.41. The Labute approximate surface area is 222 Å². The van der Waals surface area contributed by atoms with E-state index in [1.807, 2.05) is 0 Å². The summed E-state index contributed by atoms with van der Waals surface area (Å²) >= 11 is 12.6. The van der Waals surface area contributed by atoms with Gasteiger partial charge in [-0.05, 0) is 43.3 Å². The number of amides is 3. The summed E-state index contributed by atoms with van der Waals surface area (Å²) in [5.74, 6) is -1.32. The van der Waals surface area contributed by atoms with Crippen molar-refractivity contribution in [2.75, 3.05) is 16.8 Å². The molecule has 0 bridgehead atoms. The molecule has 1 aromatic heterocycles. The number of carbonyl (C=O) groups excluding carboxylic acids is 3. The fourth-order valence-electron chi connectivity index (χ4n) is 3.95. The second-order valence-electron chi connectivity index (χ2n) is 7.86. The Kier molecular flexibility index (Phi) is 7.52. The van der Waals surface area contributed by atoms with Crippen LogP contribution in [0.3, 0.4) is 0 Å². The van der Waals surface area contributed by atoms with Crippen LogP contribution in [0, 0.1) is 0 Å². The standard InChI is InChI=1S/C27H22Cl2N4O4/c1-3-37-26(35)24-22(23-18(29)13-16(28)14-20(23)31-24)15(2)25(34)32-19-11-7-8-12-21(19)33(27(30)36)17-9-5-4-6-10-17/h4-14,31H,2-3H2,1H3,(H2,30,36)(H,32,34). The van der Waals surface area contributed by atoms with Gasteiger partial charge in [0.15, 0.2) is 0 Å². The van der Waals surface area contributed by atoms with Crippen LogP contribution in [0.4, 0.5) is 21.9 Å². The number of benzene rings is 3. The van der Waals surface area contributed by atoms with Crippen molar-refractivity contribution in [2.24, 2.45) is 5.73 Å². The average Bonchev–Trinajstić information content (AvgIpc) is 3.25. The van der Waals surface area contributed by atoms with Gasteiger partial charge in [-0.3, -0.25) is 9.69 Å². The van der Waals surface area contributed by atoms with Gasteiger partial charge in [0.05, 0.1) is 28.7 Å². The highest BCUT2D eigenvalue weighted by Gasteiger charge is 2.27. The number of esters is 1. The van der Waals surface area contributed by atoms with Crippen LogP contribution >= 0.6 is 23.2 Å². The van der Waals surface area contributed by atoms with Gasteiger partial charge < -0.3 is 20.8 Å². The summed E-state index contributed by atoms with van der Waals surface area (Å²) < 4.78 is 5.17. The zero-order valence-electron chi connectivity index (χ0n) is 19.7. The van der Waals surface area contributed by atoms with Gasteiger partial charge in [0.1, 0.15) is 5.69 Å². The fourth-order valence-corrected chi connectivity index (χ4v) is 4.54. The lowest BCUT2D eigenvalue weighted by Crippen LogP contribution is -2.32. The summed E-state index contributed by atoms with van der Waals surface area (Å²) in [6, 6.07) is 17.8. The third kappa shape index (κ3) is 5.16. The smallest absolute Gasteiger partial charge is 0.355 e. The van der Waals surface area contributed by atoms with E-state index < -0.39 is 17.9 Å². The quantitative estimate of drug-likeness (QED) is 0.184. The molecule has 0 aliphatic carbocycles. The molecule has 4 aromatic rings. The molecule has 188 valence electrons. The third-order valence-corrected chi connectivity index (χ3v) is 6.01. The number of para-hydroxylation sites is 3. The summed E-state index contributed by atoms with van der Waals surface area (Å²) in [6.07, 6.45) is 0. The number of rotatable bonds is 7. The molecule has 37 heavy (non-hydrogen) atoms. The highest BCUT2D eigenvalue weighted by atomic mass is 35.5. The molecule has 0 saturated heterocycles. The normalized spacial score (nSPS) is 10.7. The molecule has 8 nitrogen and oxygen atoms in total. The van der Waals surface area contributed by atoms with Crippen molar-refractivity contribution in [1.29, 1.82) is 0 Å². The molecule has 4 rings (SSSR count). The van der Waals surface area contributed by atoms with Gasteiger partial charge in [-0.2, -0.15) is 0 Å². The van der Waals surface area contributed by atoms with Crippen LogP contribution in [0.2, 0.25) is 10.0 Å². The fraction of sp³-hybridized carbons (Fsp3) is 0.0741. The maximum absolute atomic E-state index is 13.5. The second-order valence-corrected chi connectivity index (χ2v) is 8.71. The van der Waals surface area contributed by atoms with E-state index in [1.54, 1.807) is 67.6 Å². The van der Waals surface area contributed by atoms with Crippen molar-refractivity contribution >= 4 is 74.6 Å². The molecule has 4 N–H and O–H groups in total. The van der Waals surface area contributed by atoms with E-state index in [0.717, 1.165) is 0 Å². The number of H-pyrrole nitrogens is 1. The van der Waals surface area contributed by atoms with Crippen LogP contribution in [-0.4, -0.2) is 29.5 Å². The van der Waals surface area contributed by atoms with Crippen LogP contribution in [0.15, 0.2) is 73.3 Å². The molecule has 0 aliphatic rings. The molecule has 0 atom stereocenters. The molecule has 0 unspecified atom stereocenters. The van der Waals surface area contributed by atoms with Gasteiger partial charge in [0.2, 0.25) is 0 Å². The van der Waals surface area contributed by atoms with Gasteiger partial charge in [0, 0.05) is 27.1 Å². The zero-order chi connectivity index (χ0) is 26.7. The number of hydrogen-bond acceptors (Lipinski definition) is 4. The van der Waals surface area contributed by atoms with Crippen molar-refractivity contribution in [3.63, 3.8) is 0 Å². The Morgan fingerprint density at radius 1 is 1.05 bits per heavy atom. The van der Waals surface area contributed by atoms with Gasteiger partial charge in [-0.1, -0.05) is 60.1 Å². The predicted molar refractivity (Wildman–Crippen MR) is 147 cm³/mol. The summed E-state index contributed by atoms with van der Waals surface area (Å²) in [4.78, 5) is 42.8. The number of anilines is 3. The molecule has 3 amide bonds. The van der Waals surface area contributed by atoms with E-state index in [1.165, 1.54) is 11.0 Å². The van der Waals surface area contributed by atoms with Crippen molar-refractivity contribution in [3.05, 3.63) is 94.6 Å². The number of fused-ring (bicyclic) bond motifs is 1. The van der Waals surface area contributed by atoms with Crippen molar-refractivity contribution in [1.82, 2.24) is 4.98 Å². The number of urea groups is 1. The topological polar surface area (TPSA) is 118 Å². The summed E-state index contributed by atoms with van der Waals surface area (Å²) in [5.41, 5.74) is 7.41. The molecular weight excluding hydrogens is 515 g/mol. The number of carbonyl (C=O) groups is 3. The van der Waals surface area contributed by atoms with Crippen LogP contribution < -0.4 is 16.0 Å². The minimum atomic E-state index is -0.739. The first-order valence-electron chi connectivity index (χ1n) is 11.1. The van der Waals surface area contributed by atoms with E-state index in [9.17, 15) is 14.4 Å². The Morgan fingerprint density at radius 3 is 2.41 bits per heavy atom. The first-order chi connectivity index (χ1) is 17.7. The molecule has 0 radical (unpaired) electrons. The molecule has 0 aliphatic heterocycles. The number of aromatic amines is 1. The van der Waals surface area contributed by atoms with E-state index >= 15 is 0 Å². The number of hydrogen-bond donors (Lipinski definition) is 3. The van der Waals surface area contributed by atoms with Gasteiger partial charge in [-0.15, -0.1) is 0 Å². The largest absolute Gasteiger partial charge is 0.461 e. The number of aromatic nitrogens is 1. The summed E-state index contributed by atoms with van der Waals surface area (Å²) in [7, 11) is 0. The Bertz CT molecular complexity index is 1530. The van der Waals surface area contributed by atoms with Gasteiger partial charge in [-0.25, -0.2) is 9.59 Å². The minimum Gasteiger partial charge on any atom is -0.461 e. The maximum Gasteiger partial charge on any atom is 0.355 e. The number of nitrogens with zero attached hydrogens (tertiary/aromatic N) is 1. The van der Waals surface area contributed by atoms with Gasteiger partial charge >= 0.3 is 12.0 Å². The van der Waals surface area contributed by atoms with Crippen LogP contribution in [0.5, 0.6) is 0 Å². The monoisotopic (exact) mass is 536 g/mol. The molecule has 0 spiro atoms. The van der Waals surface area contributed by atoms with Crippen LogP contribution in [-0.2, 0) is 9.53 Å². The zero-order valence-corrected chi connectivity index (χ0v) is 21.2. The first kappa shape index (κ1) is 25.8. The Hall–Kier alpha value is -4.27. The Morgan fingerprint density at radius 2 is 1.73 bits per heavy atom. The maximum atomic E-state index is 13.5. The third-order valence-electron chi connectivity index (χ3n) is 5.50. The van der Waals surface area contributed by atoms with E-state index in [0.29, 0.717) is 33.0 Å². The highest BCUT2D eigenvalue weighted by Crippen LogP contribution is 2.37. The molecular formula is C27H22Cl2N4O4. The molecule has 0 saturated carbocycles. The van der Waals surface area contributed by atoms with E-state index in [2.05, 4.69) is 16.9 Å². The molecule has 0 fully saturated rings. The number of halogens is 2. The minimum absolute atomic E-state index is 0.0116. The summed E-state index contributed by atoms with van der Waals surface area (Å²) in [6.45, 7) is 5.73. The van der Waals surface area contributed by atoms with Gasteiger partial charge in [0.25, 0.3) is 5.91 Å². The second kappa shape index (κ2) is 10.8. The Balaban J connectivity index is 1.76. The number of nitrogens with one attached hydrogen (secondary N) is 2. The lowest BCUT2D eigenvalue weighted by molar-refractivity contribution is -0.111. The molecule has 3 aromatic carbocycles. The molecule has 10 heteroatoms. The number of ether oxygens (including phenoxy) is 1. The SMILES string of the molecule is C=C(C(=O)Nc1ccccc1N(C(N)=O)c1ccccc1)c1c(C(=O)OCC)[nH]c2cc(Cl)cc(Cl)c12. The lowest BCUT2D eigenvalue weighted by Gasteiger charge is -2.23. The summed E-state index contributed by atoms with van der Waals surface area (Å²) in [5, 5.41) is 3.74. The lowest BCUT2D eigenvalue weighted by atomic mass is 10.0. The van der Waals surface area contributed by atoms with Crippen molar-refractivity contribution in [3.8, 4) is 0 Å². The van der Waals surface area contributed by atoms with Crippen LogP contribution in [0.25, 0.3) is 16.5 Å². The average molecular weight is 537 g/mol. The number of primary amides is 1. The predicted octanol–water partition coefficient (Wildman–Crippen LogP) is 6.52. The van der Waals surface area contributed by atoms with E-state index in [4.69, 9.17) is 33.7 Å². The van der Waals surface area contributed by atoms with Crippen molar-refractivity contribution < 1.29 is 19.1 Å². The van der Waals surface area contributed by atoms with Crippen LogP contribution in [0.1, 0.15) is 23.0 Å². The molecule has 1 heterocycles. The van der Waals surface area contributed by atoms with E-state index in [-0.39, 0.29) is 28.5 Å². The number of nitrogens with two attached hydrogens (primary N) is 1. The first-order valence-corrected chi connectivity index (χ1v) is 11.9.